The maximum atomic E-state index is 12.9. The molecule has 0 radical (unpaired) electrons. The SMILES string of the molecule is C=C1OCC2C(OC3OC4COC(C)OC4C(O)C3O)c3cc4c(cc3[C@@H](c3cc(OC)c(OC(=O)OCC5COC(C)(C)O5)c(OC)c3)[C@@H]12)OCO4. The smallest absolute Gasteiger partial charge is 0.498 e. The summed E-state index contributed by atoms with van der Waals surface area (Å²) >= 11 is 0. The molecule has 6 aliphatic rings. The molecule has 5 aliphatic heterocycles. The Bertz CT molecular complexity index is 1700. The molecule has 4 fully saturated rings. The van der Waals surface area contributed by atoms with Crippen LogP contribution >= 0.6 is 0 Å². The lowest BCUT2D eigenvalue weighted by molar-refractivity contribution is -0.364. The number of benzene rings is 2. The topological polar surface area (TPSA) is 178 Å². The van der Waals surface area contributed by atoms with Gasteiger partial charge >= 0.3 is 6.16 Å². The van der Waals surface area contributed by atoms with Gasteiger partial charge in [0.25, 0.3) is 0 Å². The van der Waals surface area contributed by atoms with Crippen LogP contribution in [-0.2, 0) is 37.9 Å². The number of hydrogen-bond donors (Lipinski definition) is 2. The van der Waals surface area contributed by atoms with Gasteiger partial charge in [-0.1, -0.05) is 6.58 Å². The van der Waals surface area contributed by atoms with Gasteiger partial charge in [-0.15, -0.1) is 0 Å². The van der Waals surface area contributed by atoms with E-state index in [-0.39, 0.29) is 62.3 Å². The monoisotopic (exact) mass is 744 g/mol. The third-order valence-electron chi connectivity index (χ3n) is 10.5. The van der Waals surface area contributed by atoms with E-state index in [1.807, 2.05) is 12.1 Å². The zero-order valence-corrected chi connectivity index (χ0v) is 30.0. The molecule has 2 aromatic carbocycles. The van der Waals surface area contributed by atoms with Gasteiger partial charge in [-0.3, -0.25) is 0 Å². The predicted molar refractivity (Wildman–Crippen MR) is 178 cm³/mol. The molecule has 0 bridgehead atoms. The van der Waals surface area contributed by atoms with E-state index in [1.54, 1.807) is 32.9 Å². The van der Waals surface area contributed by atoms with E-state index in [2.05, 4.69) is 6.58 Å². The molecule has 0 aromatic heterocycles. The fraction of sp³-hybridized carbons (Fsp3) is 0.595. The van der Waals surface area contributed by atoms with Crippen LogP contribution in [0, 0.1) is 11.8 Å². The Kier molecular flexibility index (Phi) is 9.60. The molecule has 16 heteroatoms. The highest BCUT2D eigenvalue weighted by atomic mass is 16.8. The molecule has 2 N–H and O–H groups in total. The summed E-state index contributed by atoms with van der Waals surface area (Å²) in [7, 11) is 2.91. The minimum Gasteiger partial charge on any atom is -0.498 e. The van der Waals surface area contributed by atoms with Crippen molar-refractivity contribution in [3.63, 3.8) is 0 Å². The van der Waals surface area contributed by atoms with E-state index in [0.29, 0.717) is 17.3 Å². The highest BCUT2D eigenvalue weighted by molar-refractivity contribution is 5.69. The number of rotatable bonds is 8. The van der Waals surface area contributed by atoms with Crippen LogP contribution in [0.5, 0.6) is 28.7 Å². The Morgan fingerprint density at radius 1 is 0.943 bits per heavy atom. The maximum Gasteiger partial charge on any atom is 0.514 e. The summed E-state index contributed by atoms with van der Waals surface area (Å²) in [4.78, 5) is 12.9. The van der Waals surface area contributed by atoms with Crippen molar-refractivity contribution < 1.29 is 76.6 Å². The number of aliphatic hydroxyl groups is 2. The van der Waals surface area contributed by atoms with Gasteiger partial charge in [0.15, 0.2) is 41.4 Å². The molecule has 1 aliphatic carbocycles. The van der Waals surface area contributed by atoms with Gasteiger partial charge in [-0.2, -0.15) is 0 Å². The first kappa shape index (κ1) is 36.1. The predicted octanol–water partition coefficient (Wildman–Crippen LogP) is 3.29. The van der Waals surface area contributed by atoms with Crippen molar-refractivity contribution in [2.75, 3.05) is 47.4 Å². The number of allylic oxidation sites excluding steroid dienone is 1. The lowest BCUT2D eigenvalue weighted by atomic mass is 9.65. The van der Waals surface area contributed by atoms with Crippen molar-refractivity contribution in [2.45, 2.75) is 81.7 Å². The third-order valence-corrected chi connectivity index (χ3v) is 10.5. The molecule has 9 unspecified atom stereocenters. The molecule has 11 atom stereocenters. The van der Waals surface area contributed by atoms with Gasteiger partial charge in [0.05, 0.1) is 45.9 Å². The first-order valence-corrected chi connectivity index (χ1v) is 17.6. The molecule has 53 heavy (non-hydrogen) atoms. The Hall–Kier alpha value is -3.87. The Morgan fingerprint density at radius 2 is 1.66 bits per heavy atom. The van der Waals surface area contributed by atoms with Crippen molar-refractivity contribution in [1.82, 2.24) is 0 Å². The van der Waals surface area contributed by atoms with Crippen molar-refractivity contribution in [2.24, 2.45) is 11.8 Å². The molecule has 0 amide bonds. The second-order valence-corrected chi connectivity index (χ2v) is 14.2. The number of hydrogen-bond acceptors (Lipinski definition) is 16. The van der Waals surface area contributed by atoms with Gasteiger partial charge in [0.1, 0.15) is 37.1 Å². The standard InChI is InChI=1S/C37H44O16/c1-16-28-22(13-43-16)32(51-35-31(39)30(38)34-27(50-35)14-44-17(2)49-34)21-10-24-23(46-15-47-24)9-20(21)29(28)18-7-25(41-5)33(26(8-18)42-6)52-36(40)45-11-19-12-48-37(3,4)53-19/h7-10,17,19,22,27-32,34-35,38-39H,1,11-15H2,2-6H3/t17?,19?,22?,27?,28-,29+,30?,31?,32?,34?,35?/m0/s1. The molecule has 8 rings (SSSR count). The quantitative estimate of drug-likeness (QED) is 0.297. The highest BCUT2D eigenvalue weighted by Gasteiger charge is 2.54. The van der Waals surface area contributed by atoms with Crippen LogP contribution in [0.2, 0.25) is 0 Å². The zero-order chi connectivity index (χ0) is 37.2. The molecule has 288 valence electrons. The Balaban J connectivity index is 1.12. The summed E-state index contributed by atoms with van der Waals surface area (Å²) in [5, 5.41) is 22.3. The third kappa shape index (κ3) is 6.65. The summed E-state index contributed by atoms with van der Waals surface area (Å²) in [5.41, 5.74) is 2.27. The van der Waals surface area contributed by atoms with Crippen molar-refractivity contribution in [3.8, 4) is 28.7 Å². The van der Waals surface area contributed by atoms with Gasteiger partial charge in [-0.05, 0) is 61.7 Å². The number of carbonyl (C=O) groups is 1. The van der Waals surface area contributed by atoms with Crippen LogP contribution in [0.15, 0.2) is 36.6 Å². The molecule has 2 aromatic rings. The van der Waals surface area contributed by atoms with Gasteiger partial charge in [-0.25, -0.2) is 4.79 Å². The van der Waals surface area contributed by atoms with E-state index in [9.17, 15) is 15.0 Å². The second kappa shape index (κ2) is 14.1. The van der Waals surface area contributed by atoms with Crippen molar-refractivity contribution in [1.29, 1.82) is 0 Å². The van der Waals surface area contributed by atoms with Gasteiger partial charge < -0.3 is 71.8 Å². The van der Waals surface area contributed by atoms with Crippen LogP contribution < -0.4 is 23.7 Å². The highest BCUT2D eigenvalue weighted by Crippen LogP contribution is 2.59. The molecule has 16 nitrogen and oxygen atoms in total. The number of methoxy groups -OCH3 is 2. The fourth-order valence-electron chi connectivity index (χ4n) is 8.08. The lowest BCUT2D eigenvalue weighted by Gasteiger charge is -2.48. The number of ether oxygens (including phenoxy) is 13. The van der Waals surface area contributed by atoms with Crippen LogP contribution in [0.1, 0.15) is 49.5 Å². The summed E-state index contributed by atoms with van der Waals surface area (Å²) in [5.74, 6) is 0.157. The molecule has 4 saturated heterocycles. The van der Waals surface area contributed by atoms with Crippen molar-refractivity contribution >= 4 is 6.16 Å². The normalized spacial score (nSPS) is 35.1. The molecule has 0 spiro atoms. The van der Waals surface area contributed by atoms with Crippen LogP contribution in [0.3, 0.4) is 0 Å². The number of aliphatic hydroxyl groups excluding tert-OH is 2. The second-order valence-electron chi connectivity index (χ2n) is 14.2. The molecular weight excluding hydrogens is 700 g/mol. The average Bonchev–Trinajstić information content (AvgIpc) is 3.86. The lowest BCUT2D eigenvalue weighted by Crippen LogP contribution is -2.63. The largest absolute Gasteiger partial charge is 0.514 e. The molecule has 0 saturated carbocycles. The summed E-state index contributed by atoms with van der Waals surface area (Å²) in [6.45, 7) is 10.2. The molecular formula is C37H44O16. The van der Waals surface area contributed by atoms with E-state index in [1.165, 1.54) is 14.2 Å². The van der Waals surface area contributed by atoms with E-state index < -0.39 is 67.1 Å². The van der Waals surface area contributed by atoms with Crippen LogP contribution in [0.4, 0.5) is 4.79 Å². The van der Waals surface area contributed by atoms with E-state index in [4.69, 9.17) is 61.6 Å². The molecule has 5 heterocycles. The summed E-state index contributed by atoms with van der Waals surface area (Å²) in [6.07, 6.45) is -8.04. The zero-order valence-electron chi connectivity index (χ0n) is 30.0. The fourth-order valence-corrected chi connectivity index (χ4v) is 8.08. The van der Waals surface area contributed by atoms with Crippen LogP contribution in [0.25, 0.3) is 0 Å². The maximum absolute atomic E-state index is 12.9. The minimum absolute atomic E-state index is 0.0269. The van der Waals surface area contributed by atoms with E-state index >= 15 is 0 Å². The van der Waals surface area contributed by atoms with Gasteiger partial charge in [0, 0.05) is 17.8 Å². The minimum atomic E-state index is -1.42. The van der Waals surface area contributed by atoms with Gasteiger partial charge in [0.2, 0.25) is 12.5 Å². The Morgan fingerprint density at radius 3 is 2.34 bits per heavy atom. The number of fused-ring (bicyclic) bond motifs is 4. The van der Waals surface area contributed by atoms with E-state index in [0.717, 1.165) is 16.7 Å². The first-order chi connectivity index (χ1) is 25.4. The summed E-state index contributed by atoms with van der Waals surface area (Å²) < 4.78 is 75.6. The average molecular weight is 745 g/mol. The Labute approximate surface area is 305 Å². The first-order valence-electron chi connectivity index (χ1n) is 17.6. The number of carbonyl (C=O) groups excluding carboxylic acids is 1. The summed E-state index contributed by atoms with van der Waals surface area (Å²) in [6, 6.07) is 7.28. The van der Waals surface area contributed by atoms with Crippen molar-refractivity contribution in [3.05, 3.63) is 53.3 Å². The van der Waals surface area contributed by atoms with Crippen LogP contribution in [-0.4, -0.2) is 113 Å².